The summed E-state index contributed by atoms with van der Waals surface area (Å²) in [5.41, 5.74) is 2.97. The van der Waals surface area contributed by atoms with E-state index in [4.69, 9.17) is 32.7 Å². The van der Waals surface area contributed by atoms with Crippen molar-refractivity contribution in [3.8, 4) is 11.1 Å². The number of aryl methyl sites for hydroxylation is 1. The highest BCUT2D eigenvalue weighted by Crippen LogP contribution is 2.36. The number of rotatable bonds is 7. The summed E-state index contributed by atoms with van der Waals surface area (Å²) < 4.78 is 10.2. The van der Waals surface area contributed by atoms with Crippen LogP contribution in [0.3, 0.4) is 0 Å². The summed E-state index contributed by atoms with van der Waals surface area (Å²) in [5.74, 6) is -1.87. The van der Waals surface area contributed by atoms with E-state index in [0.717, 1.165) is 11.1 Å². The number of ether oxygens (including phenoxy) is 2. The SMILES string of the molecule is CCOC(=O)c1c(-c2ccc(C)cc2)csc1NC(=O)COC(=O)c1ccc(Cl)c(Cl)c1. The first-order valence-corrected chi connectivity index (χ1v) is 11.2. The number of hydrogen-bond donors (Lipinski definition) is 1. The molecule has 1 amide bonds. The molecule has 32 heavy (non-hydrogen) atoms. The van der Waals surface area contributed by atoms with Crippen LogP contribution < -0.4 is 5.32 Å². The number of halogens is 2. The predicted molar refractivity (Wildman–Crippen MR) is 126 cm³/mol. The molecule has 1 heterocycles. The van der Waals surface area contributed by atoms with Gasteiger partial charge in [-0.2, -0.15) is 0 Å². The minimum Gasteiger partial charge on any atom is -0.462 e. The summed E-state index contributed by atoms with van der Waals surface area (Å²) in [6.45, 7) is 3.32. The van der Waals surface area contributed by atoms with E-state index in [9.17, 15) is 14.4 Å². The van der Waals surface area contributed by atoms with Crippen molar-refractivity contribution in [3.05, 3.63) is 74.6 Å². The second kappa shape index (κ2) is 10.6. The Morgan fingerprint density at radius 2 is 1.69 bits per heavy atom. The first kappa shape index (κ1) is 23.8. The van der Waals surface area contributed by atoms with Crippen LogP contribution in [0, 0.1) is 6.92 Å². The van der Waals surface area contributed by atoms with Gasteiger partial charge < -0.3 is 14.8 Å². The highest BCUT2D eigenvalue weighted by atomic mass is 35.5. The van der Waals surface area contributed by atoms with Gasteiger partial charge in [-0.05, 0) is 37.6 Å². The topological polar surface area (TPSA) is 81.7 Å². The Morgan fingerprint density at radius 1 is 0.969 bits per heavy atom. The second-order valence-corrected chi connectivity index (χ2v) is 8.39. The summed E-state index contributed by atoms with van der Waals surface area (Å²) in [6, 6.07) is 11.9. The first-order chi connectivity index (χ1) is 15.3. The van der Waals surface area contributed by atoms with Gasteiger partial charge in [0.25, 0.3) is 5.91 Å². The van der Waals surface area contributed by atoms with Crippen molar-refractivity contribution in [3.63, 3.8) is 0 Å². The third-order valence-corrected chi connectivity index (χ3v) is 6.01. The molecule has 0 saturated carbocycles. The van der Waals surface area contributed by atoms with Gasteiger partial charge in [0.1, 0.15) is 10.6 Å². The Morgan fingerprint density at radius 3 is 2.34 bits per heavy atom. The summed E-state index contributed by atoms with van der Waals surface area (Å²) in [5, 5.41) is 5.22. The van der Waals surface area contributed by atoms with Crippen molar-refractivity contribution >= 4 is 57.4 Å². The maximum atomic E-state index is 12.6. The molecule has 6 nitrogen and oxygen atoms in total. The first-order valence-electron chi connectivity index (χ1n) is 9.57. The Labute approximate surface area is 199 Å². The van der Waals surface area contributed by atoms with Gasteiger partial charge in [-0.15, -0.1) is 11.3 Å². The van der Waals surface area contributed by atoms with E-state index in [-0.39, 0.29) is 22.8 Å². The third-order valence-electron chi connectivity index (χ3n) is 4.38. The van der Waals surface area contributed by atoms with E-state index in [1.807, 2.05) is 31.2 Å². The van der Waals surface area contributed by atoms with Crippen LogP contribution in [0.2, 0.25) is 10.0 Å². The number of anilines is 1. The van der Waals surface area contributed by atoms with E-state index >= 15 is 0 Å². The van der Waals surface area contributed by atoms with E-state index in [0.29, 0.717) is 15.6 Å². The number of benzene rings is 2. The number of hydrogen-bond acceptors (Lipinski definition) is 6. The minimum absolute atomic E-state index is 0.164. The second-order valence-electron chi connectivity index (χ2n) is 6.69. The molecule has 0 aliphatic rings. The lowest BCUT2D eigenvalue weighted by molar-refractivity contribution is -0.119. The van der Waals surface area contributed by atoms with Crippen LogP contribution in [-0.4, -0.2) is 31.1 Å². The van der Waals surface area contributed by atoms with Gasteiger partial charge >= 0.3 is 11.9 Å². The quantitative estimate of drug-likeness (QED) is 0.409. The van der Waals surface area contributed by atoms with Crippen LogP contribution in [0.4, 0.5) is 5.00 Å². The minimum atomic E-state index is -0.726. The standard InChI is InChI=1S/C23H19Cl2NO5S/c1-3-30-23(29)20-16(14-6-4-13(2)5-7-14)12-32-21(20)26-19(27)11-31-22(28)15-8-9-17(24)18(25)10-15/h4-10,12H,3,11H2,1-2H3,(H,26,27). The Balaban J connectivity index is 1.75. The molecule has 0 bridgehead atoms. The normalized spacial score (nSPS) is 10.5. The van der Waals surface area contributed by atoms with Crippen molar-refractivity contribution in [2.75, 3.05) is 18.5 Å². The molecule has 3 rings (SSSR count). The smallest absolute Gasteiger partial charge is 0.341 e. The van der Waals surface area contributed by atoms with Gasteiger partial charge in [0, 0.05) is 10.9 Å². The number of nitrogens with one attached hydrogen (secondary N) is 1. The van der Waals surface area contributed by atoms with Crippen molar-refractivity contribution in [1.29, 1.82) is 0 Å². The van der Waals surface area contributed by atoms with Gasteiger partial charge in [-0.1, -0.05) is 53.0 Å². The van der Waals surface area contributed by atoms with Crippen molar-refractivity contribution < 1.29 is 23.9 Å². The lowest BCUT2D eigenvalue weighted by Gasteiger charge is -2.09. The van der Waals surface area contributed by atoms with E-state index in [1.54, 1.807) is 12.3 Å². The maximum Gasteiger partial charge on any atom is 0.341 e. The summed E-state index contributed by atoms with van der Waals surface area (Å²) >= 11 is 12.9. The monoisotopic (exact) mass is 491 g/mol. The zero-order valence-electron chi connectivity index (χ0n) is 17.2. The molecule has 1 N–H and O–H groups in total. The molecule has 0 unspecified atom stereocenters. The summed E-state index contributed by atoms with van der Waals surface area (Å²) in [6.07, 6.45) is 0. The number of esters is 2. The van der Waals surface area contributed by atoms with Gasteiger partial charge in [-0.25, -0.2) is 9.59 Å². The summed E-state index contributed by atoms with van der Waals surface area (Å²) in [4.78, 5) is 37.2. The maximum absolute atomic E-state index is 12.6. The van der Waals surface area contributed by atoms with E-state index in [1.165, 1.54) is 29.5 Å². The number of carbonyl (C=O) groups is 3. The zero-order valence-corrected chi connectivity index (χ0v) is 19.6. The van der Waals surface area contributed by atoms with Gasteiger partial charge in [0.05, 0.1) is 22.2 Å². The molecule has 0 saturated heterocycles. The molecule has 3 aromatic rings. The lowest BCUT2D eigenvalue weighted by Crippen LogP contribution is -2.21. The molecule has 0 aliphatic carbocycles. The molecular weight excluding hydrogens is 473 g/mol. The van der Waals surface area contributed by atoms with Crippen LogP contribution in [0.25, 0.3) is 11.1 Å². The van der Waals surface area contributed by atoms with Crippen molar-refractivity contribution in [1.82, 2.24) is 0 Å². The van der Waals surface area contributed by atoms with Crippen LogP contribution in [-0.2, 0) is 14.3 Å². The molecule has 0 spiro atoms. The number of amides is 1. The van der Waals surface area contributed by atoms with Crippen LogP contribution in [0.5, 0.6) is 0 Å². The van der Waals surface area contributed by atoms with Crippen LogP contribution in [0.15, 0.2) is 47.8 Å². The lowest BCUT2D eigenvalue weighted by atomic mass is 10.0. The average molecular weight is 492 g/mol. The highest BCUT2D eigenvalue weighted by Gasteiger charge is 2.23. The molecular formula is C23H19Cl2NO5S. The van der Waals surface area contributed by atoms with Crippen molar-refractivity contribution in [2.24, 2.45) is 0 Å². The summed E-state index contributed by atoms with van der Waals surface area (Å²) in [7, 11) is 0. The number of thiophene rings is 1. The third kappa shape index (κ3) is 5.68. The van der Waals surface area contributed by atoms with Crippen molar-refractivity contribution in [2.45, 2.75) is 13.8 Å². The Kier molecular flexibility index (Phi) is 7.90. The molecule has 1 aromatic heterocycles. The van der Waals surface area contributed by atoms with Crippen LogP contribution >= 0.6 is 34.5 Å². The fourth-order valence-corrected chi connectivity index (χ4v) is 4.07. The van der Waals surface area contributed by atoms with Gasteiger partial charge in [-0.3, -0.25) is 4.79 Å². The fourth-order valence-electron chi connectivity index (χ4n) is 2.80. The molecule has 9 heteroatoms. The predicted octanol–water partition coefficient (Wildman–Crippen LogP) is 6.00. The van der Waals surface area contributed by atoms with Gasteiger partial charge in [0.15, 0.2) is 6.61 Å². The Bertz CT molecular complexity index is 1160. The van der Waals surface area contributed by atoms with Gasteiger partial charge in [0.2, 0.25) is 0 Å². The molecule has 0 fully saturated rings. The average Bonchev–Trinajstić information content (AvgIpc) is 3.18. The molecule has 0 atom stereocenters. The fraction of sp³-hybridized carbons (Fsp3) is 0.174. The molecule has 2 aromatic carbocycles. The largest absolute Gasteiger partial charge is 0.462 e. The molecule has 0 aliphatic heterocycles. The molecule has 0 radical (unpaired) electrons. The Hall–Kier alpha value is -2.87. The van der Waals surface area contributed by atoms with E-state index in [2.05, 4.69) is 5.32 Å². The zero-order chi connectivity index (χ0) is 23.3. The molecule has 166 valence electrons. The van der Waals surface area contributed by atoms with E-state index < -0.39 is 24.5 Å². The number of carbonyl (C=O) groups excluding carboxylic acids is 3. The highest BCUT2D eigenvalue weighted by molar-refractivity contribution is 7.15. The van der Waals surface area contributed by atoms with Crippen LogP contribution in [0.1, 0.15) is 33.2 Å².